The highest BCUT2D eigenvalue weighted by Gasteiger charge is 2.73. The predicted octanol–water partition coefficient (Wildman–Crippen LogP) is 4.21. The second kappa shape index (κ2) is 6.27. The molecule has 31 heavy (non-hydrogen) atoms. The number of alkyl halides is 3. The van der Waals surface area contributed by atoms with Gasteiger partial charge in [0.25, 0.3) is 0 Å². The van der Waals surface area contributed by atoms with Crippen molar-refractivity contribution in [3.05, 3.63) is 52.6 Å². The van der Waals surface area contributed by atoms with E-state index in [4.69, 9.17) is 0 Å². The summed E-state index contributed by atoms with van der Waals surface area (Å²) >= 11 is 0. The molecule has 2 aliphatic rings. The smallest absolute Gasteiger partial charge is 0.325 e. The number of fused-ring (bicyclic) bond motifs is 5. The number of aromatic nitrogens is 2. The summed E-state index contributed by atoms with van der Waals surface area (Å²) < 4.78 is 39.3. The monoisotopic (exact) mass is 425 g/mol. The van der Waals surface area contributed by atoms with Gasteiger partial charge in [0.15, 0.2) is 11.4 Å². The predicted molar refractivity (Wildman–Crippen MR) is 104 cm³/mol. The molecular formula is C22H18F3N5O. The van der Waals surface area contributed by atoms with E-state index in [-0.39, 0.29) is 17.1 Å². The lowest BCUT2D eigenvalue weighted by molar-refractivity contribution is -0.137. The molecule has 0 saturated heterocycles. The maximum atomic E-state index is 13.6. The van der Waals surface area contributed by atoms with Gasteiger partial charge in [0, 0.05) is 11.1 Å². The largest absolute Gasteiger partial charge is 0.416 e. The van der Waals surface area contributed by atoms with Gasteiger partial charge < -0.3 is 5.32 Å². The minimum Gasteiger partial charge on any atom is -0.325 e. The van der Waals surface area contributed by atoms with Crippen molar-refractivity contribution >= 4 is 11.6 Å². The molecule has 2 bridgehead atoms. The Morgan fingerprint density at radius 3 is 2.26 bits per heavy atom. The fourth-order valence-electron chi connectivity index (χ4n) is 5.15. The summed E-state index contributed by atoms with van der Waals surface area (Å²) in [6.45, 7) is 5.74. The molecule has 1 N–H and O–H groups in total. The van der Waals surface area contributed by atoms with Gasteiger partial charge in [0.05, 0.1) is 22.4 Å². The van der Waals surface area contributed by atoms with Crippen molar-refractivity contribution in [3.63, 3.8) is 0 Å². The number of carbonyl (C=O) groups is 1. The van der Waals surface area contributed by atoms with Gasteiger partial charge in [-0.1, -0.05) is 26.8 Å². The Hall–Kier alpha value is -3.46. The van der Waals surface area contributed by atoms with E-state index in [1.54, 1.807) is 0 Å². The highest BCUT2D eigenvalue weighted by molar-refractivity contribution is 6.01. The van der Waals surface area contributed by atoms with E-state index in [2.05, 4.69) is 15.3 Å². The summed E-state index contributed by atoms with van der Waals surface area (Å²) in [4.78, 5) is 22.4. The van der Waals surface area contributed by atoms with Crippen LogP contribution in [0.1, 0.15) is 62.0 Å². The molecule has 0 spiro atoms. The lowest BCUT2D eigenvalue weighted by Crippen LogP contribution is -2.48. The Bertz CT molecular complexity index is 1210. The minimum atomic E-state index is -4.54. The quantitative estimate of drug-likeness (QED) is 0.777. The van der Waals surface area contributed by atoms with Crippen LogP contribution in [0.25, 0.3) is 0 Å². The van der Waals surface area contributed by atoms with E-state index < -0.39 is 33.9 Å². The van der Waals surface area contributed by atoms with Crippen LogP contribution < -0.4 is 5.32 Å². The molecule has 1 heterocycles. The van der Waals surface area contributed by atoms with Crippen LogP contribution in [0.5, 0.6) is 0 Å². The van der Waals surface area contributed by atoms with Crippen LogP contribution in [-0.4, -0.2) is 15.9 Å². The number of anilines is 1. The Morgan fingerprint density at radius 2 is 1.68 bits per heavy atom. The minimum absolute atomic E-state index is 0.0224. The highest BCUT2D eigenvalue weighted by atomic mass is 19.4. The van der Waals surface area contributed by atoms with Gasteiger partial charge in [0.2, 0.25) is 5.91 Å². The molecule has 0 radical (unpaired) electrons. The van der Waals surface area contributed by atoms with Crippen LogP contribution in [0.15, 0.2) is 24.3 Å². The maximum Gasteiger partial charge on any atom is 0.416 e. The first-order chi connectivity index (χ1) is 14.4. The Kier molecular flexibility index (Phi) is 4.21. The first kappa shape index (κ1) is 20.8. The lowest BCUT2D eigenvalue weighted by Gasteiger charge is -2.39. The van der Waals surface area contributed by atoms with Crippen LogP contribution in [0.3, 0.4) is 0 Å². The van der Waals surface area contributed by atoms with Crippen LogP contribution in [0.4, 0.5) is 18.9 Å². The Labute approximate surface area is 176 Å². The number of rotatable bonds is 2. The van der Waals surface area contributed by atoms with Crippen molar-refractivity contribution in [2.45, 2.75) is 50.6 Å². The van der Waals surface area contributed by atoms with Gasteiger partial charge in [-0.05, 0) is 36.5 Å². The molecule has 2 atom stereocenters. The van der Waals surface area contributed by atoms with Crippen molar-refractivity contribution in [3.8, 4) is 12.1 Å². The second-order valence-corrected chi connectivity index (χ2v) is 8.74. The normalized spacial score (nSPS) is 25.4. The topological polar surface area (TPSA) is 102 Å². The second-order valence-electron chi connectivity index (χ2n) is 8.74. The van der Waals surface area contributed by atoms with E-state index in [0.29, 0.717) is 24.2 Å². The maximum absolute atomic E-state index is 13.6. The van der Waals surface area contributed by atoms with Gasteiger partial charge >= 0.3 is 6.18 Å². The molecule has 2 unspecified atom stereocenters. The van der Waals surface area contributed by atoms with Crippen LogP contribution in [-0.2, 0) is 21.8 Å². The van der Waals surface area contributed by atoms with Crippen molar-refractivity contribution in [1.29, 1.82) is 10.5 Å². The van der Waals surface area contributed by atoms with E-state index in [9.17, 15) is 28.5 Å². The number of amides is 1. The van der Waals surface area contributed by atoms with E-state index in [1.165, 1.54) is 12.1 Å². The molecule has 9 heteroatoms. The van der Waals surface area contributed by atoms with Crippen molar-refractivity contribution in [1.82, 2.24) is 9.97 Å². The Balaban J connectivity index is 1.85. The molecule has 1 fully saturated rings. The molecule has 1 aromatic carbocycles. The van der Waals surface area contributed by atoms with Gasteiger partial charge in [-0.2, -0.15) is 23.7 Å². The molecule has 2 aliphatic carbocycles. The number of hydrogen-bond acceptors (Lipinski definition) is 5. The molecular weight excluding hydrogens is 407 g/mol. The summed E-state index contributed by atoms with van der Waals surface area (Å²) in [5.74, 6) is -0.498. The van der Waals surface area contributed by atoms with Crippen LogP contribution in [0.2, 0.25) is 0 Å². The number of nitrogens with one attached hydrogen (secondary N) is 1. The SMILES string of the molecule is CC12CCC(C(=O)Nc3cccc(C(F)(F)F)c3)(c3nc(C#N)c(C#N)nc31)C2(C)C. The fraction of sp³-hybridized carbons (Fsp3) is 0.409. The standard InChI is InChI=1S/C22H18F3N5O/c1-19(2)20(3)7-8-21(19,17-16(20)29-14(10-26)15(11-27)30-17)18(31)28-13-6-4-5-12(9-13)22(23,24)25/h4-6,9H,7-8H2,1-3H3,(H,28,31). The van der Waals surface area contributed by atoms with Crippen molar-refractivity contribution in [2.24, 2.45) is 5.41 Å². The third-order valence-corrected chi connectivity index (χ3v) is 7.32. The van der Waals surface area contributed by atoms with Gasteiger partial charge in [0.1, 0.15) is 12.1 Å². The first-order valence-electron chi connectivity index (χ1n) is 9.64. The molecule has 1 amide bonds. The number of carbonyl (C=O) groups excluding carboxylic acids is 1. The summed E-state index contributed by atoms with van der Waals surface area (Å²) in [6, 6.07) is 8.18. The van der Waals surface area contributed by atoms with E-state index in [1.807, 2.05) is 32.9 Å². The molecule has 0 aliphatic heterocycles. The average Bonchev–Trinajstić information content (AvgIpc) is 3.01. The molecule has 1 saturated carbocycles. The number of hydrogen-bond donors (Lipinski definition) is 1. The molecule has 1 aromatic heterocycles. The third kappa shape index (κ3) is 2.53. The zero-order valence-corrected chi connectivity index (χ0v) is 17.1. The van der Waals surface area contributed by atoms with E-state index in [0.717, 1.165) is 12.1 Å². The molecule has 158 valence electrons. The molecule has 2 aromatic rings. The summed E-state index contributed by atoms with van der Waals surface area (Å²) in [7, 11) is 0. The highest BCUT2D eigenvalue weighted by Crippen LogP contribution is 2.70. The average molecular weight is 425 g/mol. The lowest BCUT2D eigenvalue weighted by atomic mass is 9.63. The summed E-state index contributed by atoms with van der Waals surface area (Å²) in [5.41, 5.74) is -2.76. The molecule has 6 nitrogen and oxygen atoms in total. The Morgan fingerprint density at radius 1 is 1.06 bits per heavy atom. The zero-order valence-electron chi connectivity index (χ0n) is 17.1. The summed E-state index contributed by atoms with van der Waals surface area (Å²) in [5, 5.41) is 21.4. The van der Waals surface area contributed by atoms with Gasteiger partial charge in [-0.25, -0.2) is 9.97 Å². The summed E-state index contributed by atoms with van der Waals surface area (Å²) in [6.07, 6.45) is -3.54. The number of benzene rings is 1. The fourth-order valence-corrected chi connectivity index (χ4v) is 5.15. The van der Waals surface area contributed by atoms with Crippen LogP contribution >= 0.6 is 0 Å². The van der Waals surface area contributed by atoms with Gasteiger partial charge in [-0.3, -0.25) is 4.79 Å². The third-order valence-electron chi connectivity index (χ3n) is 7.32. The van der Waals surface area contributed by atoms with Gasteiger partial charge in [-0.15, -0.1) is 0 Å². The number of halogens is 3. The first-order valence-corrected chi connectivity index (χ1v) is 9.64. The molecule has 4 rings (SSSR count). The van der Waals surface area contributed by atoms with E-state index >= 15 is 0 Å². The van der Waals surface area contributed by atoms with Crippen molar-refractivity contribution in [2.75, 3.05) is 5.32 Å². The number of nitriles is 2. The zero-order chi connectivity index (χ0) is 22.8. The van der Waals surface area contributed by atoms with Crippen LogP contribution in [0, 0.1) is 28.1 Å². The van der Waals surface area contributed by atoms with Crippen molar-refractivity contribution < 1.29 is 18.0 Å². The number of nitrogens with zero attached hydrogens (tertiary/aromatic N) is 4.